The second-order valence-corrected chi connectivity index (χ2v) is 12.1. The standard InChI is InChI=1S/C13H22O5.C12H20O5/c1-7-9(8-6-14-12(2,3)16-8)15-11-10(7)17-13(4,5)18-11;1-11(2)13-6-9(16-11)7-5-8-10(14-7)17-12(3,4)15-8/h7-11H,6H2,1-5H3;7-10H,5-6H2,1-4H3. The van der Waals surface area contributed by atoms with Crippen LogP contribution in [-0.2, 0) is 47.4 Å². The molecule has 0 bridgehead atoms. The Morgan fingerprint density at radius 3 is 1.57 bits per heavy atom. The van der Waals surface area contributed by atoms with Gasteiger partial charge in [0.2, 0.25) is 0 Å². The van der Waals surface area contributed by atoms with Crippen LogP contribution in [0.5, 0.6) is 0 Å². The van der Waals surface area contributed by atoms with Crippen LogP contribution in [0.4, 0.5) is 0 Å². The fourth-order valence-corrected chi connectivity index (χ4v) is 5.66. The smallest absolute Gasteiger partial charge is 0.187 e. The molecule has 0 radical (unpaired) electrons. The molecule has 6 heterocycles. The zero-order valence-electron chi connectivity index (χ0n) is 22.4. The minimum Gasteiger partial charge on any atom is -0.348 e. The molecule has 6 saturated heterocycles. The zero-order chi connectivity index (χ0) is 25.4. The van der Waals surface area contributed by atoms with Gasteiger partial charge in [0.15, 0.2) is 35.7 Å². The summed E-state index contributed by atoms with van der Waals surface area (Å²) in [7, 11) is 0. The molecule has 10 heteroatoms. The summed E-state index contributed by atoms with van der Waals surface area (Å²) in [6, 6.07) is 0. The Morgan fingerprint density at radius 1 is 0.486 bits per heavy atom. The summed E-state index contributed by atoms with van der Waals surface area (Å²) >= 11 is 0. The van der Waals surface area contributed by atoms with Gasteiger partial charge in [0.25, 0.3) is 0 Å². The first-order valence-electron chi connectivity index (χ1n) is 12.8. The van der Waals surface area contributed by atoms with E-state index in [1.165, 1.54) is 0 Å². The maximum Gasteiger partial charge on any atom is 0.187 e. The predicted octanol–water partition coefficient (Wildman–Crippen LogP) is 3.05. The Morgan fingerprint density at radius 2 is 1.03 bits per heavy atom. The maximum atomic E-state index is 5.96. The molecule has 6 fully saturated rings. The van der Waals surface area contributed by atoms with E-state index in [1.807, 2.05) is 55.4 Å². The van der Waals surface area contributed by atoms with Gasteiger partial charge in [-0.2, -0.15) is 0 Å². The van der Waals surface area contributed by atoms with Gasteiger partial charge in [-0.05, 0) is 55.4 Å². The molecule has 9 atom stereocenters. The van der Waals surface area contributed by atoms with E-state index in [0.29, 0.717) is 13.2 Å². The first-order valence-corrected chi connectivity index (χ1v) is 12.8. The van der Waals surface area contributed by atoms with Gasteiger partial charge in [0, 0.05) is 12.3 Å². The fraction of sp³-hybridized carbons (Fsp3) is 1.00. The minimum absolute atomic E-state index is 0.00266. The third-order valence-electron chi connectivity index (χ3n) is 7.17. The Balaban J connectivity index is 0.000000145. The van der Waals surface area contributed by atoms with Crippen LogP contribution in [0.2, 0.25) is 0 Å². The van der Waals surface area contributed by atoms with Crippen LogP contribution in [0.1, 0.15) is 68.7 Å². The molecule has 0 aromatic carbocycles. The van der Waals surface area contributed by atoms with E-state index < -0.39 is 23.1 Å². The summed E-state index contributed by atoms with van der Waals surface area (Å²) in [6.45, 7) is 18.6. The largest absolute Gasteiger partial charge is 0.348 e. The molecule has 6 aliphatic heterocycles. The molecule has 202 valence electrons. The Hall–Kier alpha value is -0.400. The number of hydrogen-bond donors (Lipinski definition) is 0. The van der Waals surface area contributed by atoms with Gasteiger partial charge >= 0.3 is 0 Å². The molecule has 9 unspecified atom stereocenters. The van der Waals surface area contributed by atoms with Crippen LogP contribution in [0.25, 0.3) is 0 Å². The highest BCUT2D eigenvalue weighted by Crippen LogP contribution is 2.43. The van der Waals surface area contributed by atoms with Crippen LogP contribution < -0.4 is 0 Å². The molecule has 6 aliphatic rings. The summed E-state index contributed by atoms with van der Waals surface area (Å²) in [5, 5.41) is 0. The normalized spacial score (nSPS) is 48.4. The molecular weight excluding hydrogens is 460 g/mol. The molecule has 0 amide bonds. The minimum atomic E-state index is -0.555. The molecule has 0 aliphatic carbocycles. The van der Waals surface area contributed by atoms with Crippen molar-refractivity contribution >= 4 is 0 Å². The Kier molecular flexibility index (Phi) is 6.61. The van der Waals surface area contributed by atoms with E-state index in [1.54, 1.807) is 0 Å². The summed E-state index contributed by atoms with van der Waals surface area (Å²) in [5.41, 5.74) is 0. The van der Waals surface area contributed by atoms with Crippen molar-refractivity contribution in [1.29, 1.82) is 0 Å². The van der Waals surface area contributed by atoms with Crippen molar-refractivity contribution in [2.45, 2.75) is 141 Å². The highest BCUT2D eigenvalue weighted by molar-refractivity contribution is 4.95. The van der Waals surface area contributed by atoms with Crippen LogP contribution in [0, 0.1) is 5.92 Å². The number of rotatable bonds is 2. The summed E-state index contributed by atoms with van der Waals surface area (Å²) in [6.07, 6.45) is 0.162. The molecule has 10 nitrogen and oxygen atoms in total. The maximum absolute atomic E-state index is 5.96. The van der Waals surface area contributed by atoms with E-state index in [9.17, 15) is 0 Å². The van der Waals surface area contributed by atoms with Crippen molar-refractivity contribution < 1.29 is 47.4 Å². The van der Waals surface area contributed by atoms with E-state index in [-0.39, 0.29) is 55.1 Å². The van der Waals surface area contributed by atoms with Gasteiger partial charge in [-0.15, -0.1) is 0 Å². The van der Waals surface area contributed by atoms with E-state index in [4.69, 9.17) is 47.4 Å². The average Bonchev–Trinajstić information content (AvgIpc) is 3.50. The Bertz CT molecular complexity index is 766. The summed E-state index contributed by atoms with van der Waals surface area (Å²) in [4.78, 5) is 0. The third-order valence-corrected chi connectivity index (χ3v) is 7.17. The molecule has 0 aromatic rings. The van der Waals surface area contributed by atoms with Crippen molar-refractivity contribution in [3.8, 4) is 0 Å². The van der Waals surface area contributed by atoms with Crippen LogP contribution in [0.15, 0.2) is 0 Å². The number of ether oxygens (including phenoxy) is 10. The van der Waals surface area contributed by atoms with Crippen molar-refractivity contribution in [3.05, 3.63) is 0 Å². The van der Waals surface area contributed by atoms with Crippen molar-refractivity contribution in [2.75, 3.05) is 13.2 Å². The molecule has 0 N–H and O–H groups in total. The van der Waals surface area contributed by atoms with Gasteiger partial charge in [0.05, 0.1) is 25.4 Å². The molecular formula is C25H42O10. The van der Waals surface area contributed by atoms with Gasteiger partial charge < -0.3 is 47.4 Å². The lowest BCUT2D eigenvalue weighted by molar-refractivity contribution is -0.226. The van der Waals surface area contributed by atoms with E-state index in [0.717, 1.165) is 6.42 Å². The molecule has 0 spiro atoms. The lowest BCUT2D eigenvalue weighted by Gasteiger charge is -2.27. The fourth-order valence-electron chi connectivity index (χ4n) is 5.66. The average molecular weight is 503 g/mol. The second kappa shape index (κ2) is 8.83. The quantitative estimate of drug-likeness (QED) is 0.561. The van der Waals surface area contributed by atoms with Crippen LogP contribution in [0.3, 0.4) is 0 Å². The molecule has 6 rings (SSSR count). The summed E-state index contributed by atoms with van der Waals surface area (Å²) < 4.78 is 57.7. The van der Waals surface area contributed by atoms with E-state index in [2.05, 4.69) is 6.92 Å². The second-order valence-electron chi connectivity index (χ2n) is 12.1. The Labute approximate surface area is 208 Å². The topological polar surface area (TPSA) is 92.3 Å². The molecule has 35 heavy (non-hydrogen) atoms. The van der Waals surface area contributed by atoms with Gasteiger partial charge in [-0.1, -0.05) is 6.92 Å². The van der Waals surface area contributed by atoms with Crippen LogP contribution in [-0.4, -0.2) is 85.6 Å². The highest BCUT2D eigenvalue weighted by Gasteiger charge is 2.56. The van der Waals surface area contributed by atoms with Crippen molar-refractivity contribution in [1.82, 2.24) is 0 Å². The van der Waals surface area contributed by atoms with Gasteiger partial charge in [-0.25, -0.2) is 0 Å². The molecule has 0 saturated carbocycles. The monoisotopic (exact) mass is 502 g/mol. The highest BCUT2D eigenvalue weighted by atomic mass is 16.8. The van der Waals surface area contributed by atoms with Crippen LogP contribution >= 0.6 is 0 Å². The predicted molar refractivity (Wildman–Crippen MR) is 121 cm³/mol. The SMILES string of the molecule is CC1(C)OCC(C2CC3OC(C)(C)OC3O2)O1.CC1C(C2COC(C)(C)O2)OC2OC(C)(C)OC21. The number of hydrogen-bond acceptors (Lipinski definition) is 10. The summed E-state index contributed by atoms with van der Waals surface area (Å²) in [5.74, 6) is -1.88. The zero-order valence-corrected chi connectivity index (χ0v) is 22.4. The molecule has 0 aromatic heterocycles. The lowest BCUT2D eigenvalue weighted by Crippen LogP contribution is -2.37. The first-order chi connectivity index (χ1) is 16.1. The van der Waals surface area contributed by atoms with Gasteiger partial charge in [0.1, 0.15) is 24.4 Å². The van der Waals surface area contributed by atoms with Gasteiger partial charge in [-0.3, -0.25) is 0 Å². The van der Waals surface area contributed by atoms with Crippen molar-refractivity contribution in [3.63, 3.8) is 0 Å². The third kappa shape index (κ3) is 5.57. The van der Waals surface area contributed by atoms with E-state index >= 15 is 0 Å². The first kappa shape index (κ1) is 26.2. The number of fused-ring (bicyclic) bond motifs is 2. The lowest BCUT2D eigenvalue weighted by atomic mass is 9.97. The van der Waals surface area contributed by atoms with Crippen molar-refractivity contribution in [2.24, 2.45) is 5.92 Å².